The zero-order valence-electron chi connectivity index (χ0n) is 32.1. The predicted molar refractivity (Wildman–Crippen MR) is 214 cm³/mol. The molecule has 0 unspecified atom stereocenters. The molecule has 286 valence electrons. The van der Waals surface area contributed by atoms with E-state index in [4.69, 9.17) is 23.9 Å². The molecule has 2 N–H and O–H groups in total. The van der Waals surface area contributed by atoms with Gasteiger partial charge in [-0.2, -0.15) is 0 Å². The Bertz CT molecular complexity index is 2320. The number of nitrogens with one attached hydrogen (secondary N) is 2. The zero-order chi connectivity index (χ0) is 38.3. The van der Waals surface area contributed by atoms with Gasteiger partial charge in [0.1, 0.15) is 28.8 Å². The second-order valence-electron chi connectivity index (χ2n) is 15.3. The average Bonchev–Trinajstić information content (AvgIpc) is 3.68. The van der Waals surface area contributed by atoms with Crippen molar-refractivity contribution in [2.24, 2.45) is 12.5 Å². The number of hydrogen-bond acceptors (Lipinski definition) is 9. The lowest BCUT2D eigenvalue weighted by Gasteiger charge is -2.49. The molecule has 1 saturated carbocycles. The second-order valence-corrected chi connectivity index (χ2v) is 15.3. The first kappa shape index (κ1) is 36.1. The van der Waals surface area contributed by atoms with Crippen LogP contribution in [0, 0.1) is 12.3 Å². The number of urea groups is 1. The number of carbonyl (C=O) groups excluding carboxylic acids is 1. The number of hydrogen-bond donors (Lipinski definition) is 2. The van der Waals surface area contributed by atoms with Crippen LogP contribution in [-0.2, 0) is 20.0 Å². The maximum Gasteiger partial charge on any atom is 0.322 e. The summed E-state index contributed by atoms with van der Waals surface area (Å²) in [6.45, 7) is 4.72. The Morgan fingerprint density at radius 2 is 1.85 bits per heavy atom. The van der Waals surface area contributed by atoms with Crippen LogP contribution in [0.3, 0.4) is 0 Å². The Balaban J connectivity index is 1.04. The molecule has 55 heavy (non-hydrogen) atoms. The molecule has 2 amide bonds. The van der Waals surface area contributed by atoms with Crippen molar-refractivity contribution in [3.63, 3.8) is 0 Å². The predicted octanol–water partition coefficient (Wildman–Crippen LogP) is 6.78. The van der Waals surface area contributed by atoms with Gasteiger partial charge in [-0.1, -0.05) is 12.1 Å². The number of likely N-dealkylation sites (N-methyl/N-ethyl adjacent to an activating group) is 1. The lowest BCUT2D eigenvalue weighted by Crippen LogP contribution is -2.58. The highest BCUT2D eigenvalue weighted by molar-refractivity contribution is 6.00. The SMILES string of the molecule is COc1ccc(CNc2nccc3c(N(C)CC45CC(COc6cc(C)n(C)c(=O)c6)(CN4C(=O)Nc4ccc6c(c4)CCCO6)C5)cccc23)c(OC)c1. The highest BCUT2D eigenvalue weighted by Gasteiger charge is 2.67. The summed E-state index contributed by atoms with van der Waals surface area (Å²) in [5.74, 6) is 3.69. The van der Waals surface area contributed by atoms with Gasteiger partial charge in [0.2, 0.25) is 0 Å². The van der Waals surface area contributed by atoms with E-state index in [-0.39, 0.29) is 17.0 Å². The van der Waals surface area contributed by atoms with Crippen molar-refractivity contribution in [2.75, 3.05) is 63.1 Å². The second kappa shape index (κ2) is 14.4. The van der Waals surface area contributed by atoms with E-state index in [9.17, 15) is 9.59 Å². The van der Waals surface area contributed by atoms with Crippen LogP contribution >= 0.6 is 0 Å². The number of methoxy groups -OCH3 is 2. The van der Waals surface area contributed by atoms with Crippen LogP contribution in [-0.4, -0.2) is 73.6 Å². The van der Waals surface area contributed by atoms with Gasteiger partial charge in [-0.15, -0.1) is 0 Å². The van der Waals surface area contributed by atoms with E-state index in [1.54, 1.807) is 25.8 Å². The molecule has 3 aliphatic heterocycles. The number of aryl methyl sites for hydroxylation is 2. The van der Waals surface area contributed by atoms with Gasteiger partial charge in [0.15, 0.2) is 0 Å². The Morgan fingerprint density at radius 3 is 2.65 bits per heavy atom. The number of benzene rings is 3. The maximum absolute atomic E-state index is 14.3. The van der Waals surface area contributed by atoms with Crippen LogP contribution in [0.2, 0.25) is 0 Å². The van der Waals surface area contributed by atoms with Gasteiger partial charge in [-0.05, 0) is 86.7 Å². The number of ether oxygens (including phenoxy) is 4. The highest BCUT2D eigenvalue weighted by Crippen LogP contribution is 2.60. The molecule has 3 aromatic carbocycles. The molecule has 1 aliphatic carbocycles. The minimum absolute atomic E-state index is 0.107. The molecule has 9 rings (SSSR count). The maximum atomic E-state index is 14.3. The van der Waals surface area contributed by atoms with E-state index in [2.05, 4.69) is 40.8 Å². The van der Waals surface area contributed by atoms with E-state index >= 15 is 0 Å². The van der Waals surface area contributed by atoms with Gasteiger partial charge in [0.05, 0.1) is 33.0 Å². The summed E-state index contributed by atoms with van der Waals surface area (Å²) in [4.78, 5) is 35.8. The van der Waals surface area contributed by atoms with E-state index in [0.717, 1.165) is 87.7 Å². The molecule has 2 aromatic heterocycles. The molecule has 3 fully saturated rings. The third kappa shape index (κ3) is 6.85. The lowest BCUT2D eigenvalue weighted by atomic mass is 9.62. The number of aromatic nitrogens is 2. The van der Waals surface area contributed by atoms with Crippen molar-refractivity contribution in [3.8, 4) is 23.0 Å². The lowest BCUT2D eigenvalue weighted by molar-refractivity contribution is 0.0425. The fraction of sp³-hybridized carbons (Fsp3) is 0.372. The van der Waals surface area contributed by atoms with Crippen LogP contribution in [0.15, 0.2) is 83.8 Å². The summed E-state index contributed by atoms with van der Waals surface area (Å²) in [7, 11) is 7.14. The van der Waals surface area contributed by atoms with Crippen LogP contribution in [0.1, 0.15) is 36.1 Å². The molecular weight excluding hydrogens is 697 g/mol. The number of nitrogens with zero attached hydrogens (tertiary/aromatic N) is 4. The Labute approximate surface area is 321 Å². The molecule has 2 saturated heterocycles. The van der Waals surface area contributed by atoms with Crippen LogP contribution in [0.4, 0.5) is 22.0 Å². The fourth-order valence-electron chi connectivity index (χ4n) is 8.84. The van der Waals surface area contributed by atoms with Crippen LogP contribution in [0.25, 0.3) is 10.8 Å². The molecule has 0 spiro atoms. The number of anilines is 3. The summed E-state index contributed by atoms with van der Waals surface area (Å²) in [5, 5.41) is 8.79. The van der Waals surface area contributed by atoms with Gasteiger partial charge in [0, 0.05) is 90.9 Å². The van der Waals surface area contributed by atoms with Crippen molar-refractivity contribution in [1.82, 2.24) is 14.5 Å². The molecule has 0 radical (unpaired) electrons. The monoisotopic (exact) mass is 744 g/mol. The third-order valence-electron chi connectivity index (χ3n) is 11.6. The Kier molecular flexibility index (Phi) is 9.44. The number of amides is 2. The standard InChI is InChI=1S/C43H48N6O6/c1-28-18-33(21-39(50)48(28)3)55-27-42-23-43(24-42,49(25-42)41(51)46-31-12-14-37-29(19-31)8-7-17-54-37)26-47(2)36-10-6-9-35-34(36)15-16-44-40(35)45-22-30-11-13-32(52-4)20-38(30)53-5/h6,9-16,18-21H,7-8,17,22-27H2,1-5H3,(H,44,45)(H,46,51). The summed E-state index contributed by atoms with van der Waals surface area (Å²) < 4.78 is 24.7. The molecule has 12 nitrogen and oxygen atoms in total. The Morgan fingerprint density at radius 1 is 1.00 bits per heavy atom. The number of pyridine rings is 2. The number of carbonyl (C=O) groups is 1. The van der Waals surface area contributed by atoms with E-state index in [1.807, 2.05) is 66.6 Å². The first-order valence-corrected chi connectivity index (χ1v) is 18.8. The van der Waals surface area contributed by atoms with Gasteiger partial charge < -0.3 is 43.9 Å². The summed E-state index contributed by atoms with van der Waals surface area (Å²) in [6, 6.07) is 23.3. The van der Waals surface area contributed by atoms with E-state index in [1.165, 1.54) is 6.07 Å². The van der Waals surface area contributed by atoms with Crippen molar-refractivity contribution in [2.45, 2.75) is 44.7 Å². The minimum atomic E-state index is -0.427. The molecule has 2 bridgehead atoms. The summed E-state index contributed by atoms with van der Waals surface area (Å²) in [6.07, 6.45) is 5.27. The van der Waals surface area contributed by atoms with Gasteiger partial charge >= 0.3 is 6.03 Å². The quantitative estimate of drug-likeness (QED) is 0.143. The third-order valence-corrected chi connectivity index (χ3v) is 11.6. The van der Waals surface area contributed by atoms with Gasteiger partial charge in [-0.25, -0.2) is 9.78 Å². The summed E-state index contributed by atoms with van der Waals surface area (Å²) >= 11 is 0. The van der Waals surface area contributed by atoms with Crippen LogP contribution in [0.5, 0.6) is 23.0 Å². The smallest absolute Gasteiger partial charge is 0.322 e. The Hall–Kier alpha value is -5.91. The van der Waals surface area contributed by atoms with E-state index < -0.39 is 5.54 Å². The normalized spacial score (nSPS) is 19.5. The zero-order valence-corrected chi connectivity index (χ0v) is 32.1. The largest absolute Gasteiger partial charge is 0.497 e. The molecule has 12 heteroatoms. The molecule has 5 heterocycles. The van der Waals surface area contributed by atoms with Gasteiger partial charge in [0.25, 0.3) is 5.56 Å². The molecule has 0 atom stereocenters. The molecular formula is C43H48N6O6. The van der Waals surface area contributed by atoms with E-state index in [0.29, 0.717) is 38.6 Å². The fourth-order valence-corrected chi connectivity index (χ4v) is 8.84. The highest BCUT2D eigenvalue weighted by atomic mass is 16.5. The first-order chi connectivity index (χ1) is 26.6. The number of fused-ring (bicyclic) bond motifs is 3. The summed E-state index contributed by atoms with van der Waals surface area (Å²) in [5.41, 5.74) is 3.96. The van der Waals surface area contributed by atoms with Gasteiger partial charge in [-0.3, -0.25) is 4.79 Å². The minimum Gasteiger partial charge on any atom is -0.497 e. The first-order valence-electron chi connectivity index (χ1n) is 18.8. The van der Waals surface area contributed by atoms with Crippen molar-refractivity contribution in [3.05, 3.63) is 106 Å². The molecule has 5 aromatic rings. The van der Waals surface area contributed by atoms with Crippen molar-refractivity contribution >= 4 is 34.0 Å². The molecule has 4 aliphatic rings. The van der Waals surface area contributed by atoms with Crippen LogP contribution < -0.4 is 40.0 Å². The van der Waals surface area contributed by atoms with Crippen molar-refractivity contribution < 1.29 is 23.7 Å². The topological polar surface area (TPSA) is 119 Å². The average molecular weight is 745 g/mol. The van der Waals surface area contributed by atoms with Crippen molar-refractivity contribution in [1.29, 1.82) is 0 Å². The number of rotatable bonds is 12.